The van der Waals surface area contributed by atoms with Crippen molar-refractivity contribution in [1.82, 2.24) is 14.8 Å². The highest BCUT2D eigenvalue weighted by molar-refractivity contribution is 6.31. The lowest BCUT2D eigenvalue weighted by Gasteiger charge is -2.44. The average molecular weight is 440 g/mol. The maximum atomic E-state index is 12.5. The van der Waals surface area contributed by atoms with Gasteiger partial charge in [-0.3, -0.25) is 4.79 Å². The molecule has 0 aliphatic carbocycles. The molecule has 0 bridgehead atoms. The maximum Gasteiger partial charge on any atom is 0.352 e. The summed E-state index contributed by atoms with van der Waals surface area (Å²) in [7, 11) is 1.85. The number of para-hydroxylation sites is 2. The van der Waals surface area contributed by atoms with Gasteiger partial charge in [-0.25, -0.2) is 4.79 Å². The average Bonchev–Trinajstić information content (AvgIpc) is 3.23. The highest BCUT2D eigenvalue weighted by Gasteiger charge is 2.56. The van der Waals surface area contributed by atoms with Crippen LogP contribution in [0.25, 0.3) is 22.3 Å². The molecule has 0 unspecified atom stereocenters. The molecule has 8 nitrogen and oxygen atoms in total. The molecule has 158 valence electrons. The summed E-state index contributed by atoms with van der Waals surface area (Å²) in [6.45, 7) is 1.55. The summed E-state index contributed by atoms with van der Waals surface area (Å²) in [5.74, 6) is -2.13. The predicted octanol–water partition coefficient (Wildman–Crippen LogP) is 1.91. The monoisotopic (exact) mass is 439 g/mol. The summed E-state index contributed by atoms with van der Waals surface area (Å²) in [5, 5.41) is 24.8. The van der Waals surface area contributed by atoms with Crippen molar-refractivity contribution in [2.24, 2.45) is 13.0 Å². The minimum atomic E-state index is -1.17. The second kappa shape index (κ2) is 6.90. The van der Waals surface area contributed by atoms with Crippen molar-refractivity contribution >= 4 is 40.1 Å². The number of hydrogen-bond acceptors (Lipinski definition) is 4. The summed E-state index contributed by atoms with van der Waals surface area (Å²) in [5.41, 5.74) is 3.60. The number of aryl methyl sites for hydroxylation is 1. The van der Waals surface area contributed by atoms with Gasteiger partial charge in [-0.15, -0.1) is 4.68 Å². The zero-order valence-corrected chi connectivity index (χ0v) is 17.6. The van der Waals surface area contributed by atoms with Crippen LogP contribution in [-0.4, -0.2) is 49.0 Å². The SMILES string of the molecule is C[C@@H](O)[C@H]1C(=O)N2C(C(=O)O)=C(c3cc(Cl)cc(-n4n[n+](C)c5ccccc54)c3)C[C@H]12. The highest BCUT2D eigenvalue weighted by Crippen LogP contribution is 2.47. The van der Waals surface area contributed by atoms with Crippen LogP contribution in [0.2, 0.25) is 5.02 Å². The Morgan fingerprint density at radius 2 is 2.03 bits per heavy atom. The Kier molecular flexibility index (Phi) is 4.39. The van der Waals surface area contributed by atoms with E-state index in [1.54, 1.807) is 28.4 Å². The molecule has 1 saturated heterocycles. The fourth-order valence-electron chi connectivity index (χ4n) is 4.74. The molecule has 0 saturated carbocycles. The Labute approximate surface area is 182 Å². The smallest absolute Gasteiger partial charge is 0.352 e. The third kappa shape index (κ3) is 2.86. The van der Waals surface area contributed by atoms with Crippen molar-refractivity contribution in [2.45, 2.75) is 25.5 Å². The molecule has 3 atom stereocenters. The van der Waals surface area contributed by atoms with Crippen LogP contribution >= 0.6 is 11.6 Å². The number of fused-ring (bicyclic) bond motifs is 2. The number of rotatable bonds is 4. The molecule has 3 heterocycles. The minimum absolute atomic E-state index is 0.0454. The number of aliphatic hydroxyl groups excluding tert-OH is 1. The molecule has 3 aromatic rings. The summed E-state index contributed by atoms with van der Waals surface area (Å²) >= 11 is 6.42. The summed E-state index contributed by atoms with van der Waals surface area (Å²) in [4.78, 5) is 25.8. The number of carboxylic acids is 1. The van der Waals surface area contributed by atoms with Gasteiger partial charge >= 0.3 is 5.97 Å². The highest BCUT2D eigenvalue weighted by atomic mass is 35.5. The van der Waals surface area contributed by atoms with Crippen LogP contribution in [0.15, 0.2) is 48.2 Å². The van der Waals surface area contributed by atoms with Crippen LogP contribution in [0.5, 0.6) is 0 Å². The van der Waals surface area contributed by atoms with Crippen molar-refractivity contribution in [3.05, 3.63) is 58.7 Å². The molecule has 1 amide bonds. The van der Waals surface area contributed by atoms with Gasteiger partial charge in [-0.05, 0) is 48.7 Å². The Balaban J connectivity index is 1.65. The molecule has 5 rings (SSSR count). The summed E-state index contributed by atoms with van der Waals surface area (Å²) in [6.07, 6.45) is -0.496. The normalized spacial score (nSPS) is 21.4. The number of β-lactam (4-membered cyclic amide) rings is 1. The number of halogens is 1. The number of aliphatic carboxylic acids is 1. The van der Waals surface area contributed by atoms with E-state index in [0.717, 1.165) is 11.0 Å². The maximum absolute atomic E-state index is 12.5. The zero-order chi connectivity index (χ0) is 22.0. The second-order valence-electron chi connectivity index (χ2n) is 7.99. The molecule has 0 spiro atoms. The van der Waals surface area contributed by atoms with Gasteiger partial charge in [0.15, 0.2) is 11.2 Å². The first-order valence-electron chi connectivity index (χ1n) is 9.91. The minimum Gasteiger partial charge on any atom is -0.477 e. The second-order valence-corrected chi connectivity index (χ2v) is 8.43. The number of carbonyl (C=O) groups excluding carboxylic acids is 1. The number of carboxylic acid groups (broad SMARTS) is 1. The van der Waals surface area contributed by atoms with E-state index in [1.807, 2.05) is 37.4 Å². The molecule has 2 aliphatic heterocycles. The quantitative estimate of drug-likeness (QED) is 0.478. The first-order chi connectivity index (χ1) is 14.8. The van der Waals surface area contributed by atoms with Crippen molar-refractivity contribution in [2.75, 3.05) is 0 Å². The van der Waals surface area contributed by atoms with Crippen LogP contribution in [0, 0.1) is 5.92 Å². The lowest BCUT2D eigenvalue weighted by atomic mass is 9.82. The van der Waals surface area contributed by atoms with Crippen LogP contribution in [0.3, 0.4) is 0 Å². The molecule has 2 aliphatic rings. The summed E-state index contributed by atoms with van der Waals surface area (Å²) in [6, 6.07) is 12.7. The number of nitrogens with zero attached hydrogens (tertiary/aromatic N) is 4. The number of benzene rings is 2. The van der Waals surface area contributed by atoms with Gasteiger partial charge in [0.1, 0.15) is 12.7 Å². The molecule has 2 N–H and O–H groups in total. The van der Waals surface area contributed by atoms with E-state index in [-0.39, 0.29) is 17.6 Å². The van der Waals surface area contributed by atoms with Gasteiger partial charge in [0, 0.05) is 11.1 Å². The number of aliphatic hydroxyl groups is 1. The van der Waals surface area contributed by atoms with Crippen LogP contribution < -0.4 is 4.68 Å². The van der Waals surface area contributed by atoms with E-state index in [1.165, 1.54) is 4.90 Å². The predicted molar refractivity (Wildman–Crippen MR) is 112 cm³/mol. The van der Waals surface area contributed by atoms with Gasteiger partial charge in [0.25, 0.3) is 0 Å². The fraction of sp³-hybridized carbons (Fsp3) is 0.273. The van der Waals surface area contributed by atoms with E-state index < -0.39 is 18.0 Å². The van der Waals surface area contributed by atoms with Crippen LogP contribution in [0.1, 0.15) is 18.9 Å². The molecular formula is C22H20ClN4O4+. The Morgan fingerprint density at radius 3 is 2.74 bits per heavy atom. The van der Waals surface area contributed by atoms with Crippen LogP contribution in [0.4, 0.5) is 0 Å². The molecule has 1 fully saturated rings. The lowest BCUT2D eigenvalue weighted by molar-refractivity contribution is -0.708. The Morgan fingerprint density at radius 1 is 1.29 bits per heavy atom. The van der Waals surface area contributed by atoms with E-state index >= 15 is 0 Å². The Hall–Kier alpha value is -3.23. The van der Waals surface area contributed by atoms with Gasteiger partial charge in [-0.2, -0.15) is 0 Å². The zero-order valence-electron chi connectivity index (χ0n) is 16.9. The molecule has 2 aromatic carbocycles. The van der Waals surface area contributed by atoms with Crippen LogP contribution in [-0.2, 0) is 16.6 Å². The van der Waals surface area contributed by atoms with Crippen molar-refractivity contribution in [1.29, 1.82) is 0 Å². The third-order valence-electron chi connectivity index (χ3n) is 6.09. The van der Waals surface area contributed by atoms with Gasteiger partial charge in [-0.1, -0.05) is 28.4 Å². The number of aromatic nitrogens is 3. The molecule has 1 aromatic heterocycles. The van der Waals surface area contributed by atoms with E-state index in [4.69, 9.17) is 11.6 Å². The van der Waals surface area contributed by atoms with Crippen molar-refractivity contribution in [3.63, 3.8) is 0 Å². The lowest BCUT2D eigenvalue weighted by Crippen LogP contribution is -2.61. The number of hydrogen-bond donors (Lipinski definition) is 2. The van der Waals surface area contributed by atoms with E-state index in [0.29, 0.717) is 28.3 Å². The van der Waals surface area contributed by atoms with E-state index in [9.17, 15) is 19.8 Å². The van der Waals surface area contributed by atoms with E-state index in [2.05, 4.69) is 5.21 Å². The third-order valence-corrected chi connectivity index (χ3v) is 6.31. The standard InChI is InChI=1S/C22H19ClN4O4/c1-11(28)19-18-10-15(20(22(30)31)26(18)21(19)29)12-7-13(23)9-14(8-12)27-17-6-4-3-5-16(17)25(2)24-27/h3-9,11,18-19,28H,10H2,1-2H3/p+1/t11-,18-,19-/m1/s1. The first kappa shape index (κ1) is 19.7. The van der Waals surface area contributed by atoms with Gasteiger partial charge in [0.05, 0.1) is 23.3 Å². The molecule has 31 heavy (non-hydrogen) atoms. The fourth-order valence-corrected chi connectivity index (χ4v) is 4.97. The topological polar surface area (TPSA) is 99.5 Å². The molecule has 0 radical (unpaired) electrons. The summed E-state index contributed by atoms with van der Waals surface area (Å²) < 4.78 is 3.50. The molecular weight excluding hydrogens is 420 g/mol. The van der Waals surface area contributed by atoms with Gasteiger partial charge in [0.2, 0.25) is 11.4 Å². The number of amides is 1. The first-order valence-corrected chi connectivity index (χ1v) is 10.3. The molecule has 9 heteroatoms. The van der Waals surface area contributed by atoms with Crippen molar-refractivity contribution in [3.8, 4) is 5.69 Å². The van der Waals surface area contributed by atoms with Gasteiger partial charge < -0.3 is 15.1 Å². The van der Waals surface area contributed by atoms with Crippen molar-refractivity contribution < 1.29 is 24.5 Å². The Bertz CT molecular complexity index is 1300. The largest absolute Gasteiger partial charge is 0.477 e. The number of carbonyl (C=O) groups is 2.